The van der Waals surface area contributed by atoms with Gasteiger partial charge < -0.3 is 30.9 Å². The molecule has 2 aliphatic heterocycles. The van der Waals surface area contributed by atoms with Crippen LogP contribution in [0.2, 0.25) is 0 Å². The van der Waals surface area contributed by atoms with Crippen molar-refractivity contribution >= 4 is 71.0 Å². The fourth-order valence-electron chi connectivity index (χ4n) is 4.43. The van der Waals surface area contributed by atoms with Crippen LogP contribution in [-0.4, -0.2) is 128 Å². The first kappa shape index (κ1) is 43.3. The monoisotopic (exact) mass is 758 g/mol. The molecule has 4 atom stereocenters. The average Bonchev–Trinajstić information content (AvgIpc) is 3.61. The van der Waals surface area contributed by atoms with E-state index in [1.807, 2.05) is 0 Å². The van der Waals surface area contributed by atoms with Gasteiger partial charge in [0.2, 0.25) is 23.6 Å². The van der Waals surface area contributed by atoms with Crippen molar-refractivity contribution in [2.24, 2.45) is 0 Å². The SMILES string of the molecule is C#CC(=O)N(CCC(=O)NC(C)C(=O)NC(C)C(=O)ON1C(=O)CCC1=O)N(CCC(=O)NC(C)C(=O)NC(C)C(=O)ON1C(=O)CCC1=O)C(=O)C#C. The van der Waals surface area contributed by atoms with Gasteiger partial charge in [0.25, 0.3) is 23.6 Å². The molecule has 0 aliphatic carbocycles. The maximum absolute atomic E-state index is 12.7. The van der Waals surface area contributed by atoms with Crippen molar-refractivity contribution in [3.63, 3.8) is 0 Å². The third kappa shape index (κ3) is 12.1. The van der Waals surface area contributed by atoms with Gasteiger partial charge in [-0.15, -0.1) is 23.0 Å². The van der Waals surface area contributed by atoms with Gasteiger partial charge in [-0.2, -0.15) is 0 Å². The molecule has 0 aromatic carbocycles. The Morgan fingerprint density at radius 2 is 0.870 bits per heavy atom. The van der Waals surface area contributed by atoms with Crippen LogP contribution < -0.4 is 21.3 Å². The molecular formula is C32H38N8O14. The first-order valence-electron chi connectivity index (χ1n) is 16.2. The number of hydroxylamine groups is 4. The fraction of sp³-hybridized carbons (Fsp3) is 0.500. The van der Waals surface area contributed by atoms with Crippen LogP contribution in [0, 0.1) is 24.7 Å². The van der Waals surface area contributed by atoms with E-state index in [9.17, 15) is 57.5 Å². The molecule has 54 heavy (non-hydrogen) atoms. The van der Waals surface area contributed by atoms with E-state index in [0.29, 0.717) is 20.1 Å². The molecule has 4 unspecified atom stereocenters. The number of nitrogens with one attached hydrogen (secondary N) is 4. The van der Waals surface area contributed by atoms with E-state index in [4.69, 9.17) is 22.5 Å². The van der Waals surface area contributed by atoms with E-state index < -0.39 is 121 Å². The number of carbonyl (C=O) groups excluding carboxylic acids is 12. The van der Waals surface area contributed by atoms with E-state index in [1.54, 1.807) is 11.8 Å². The number of hydrogen-bond acceptors (Lipinski definition) is 14. The zero-order valence-electron chi connectivity index (χ0n) is 29.6. The van der Waals surface area contributed by atoms with Crippen molar-refractivity contribution in [1.29, 1.82) is 0 Å². The highest BCUT2D eigenvalue weighted by Crippen LogP contribution is 2.14. The maximum Gasteiger partial charge on any atom is 0.354 e. The first-order chi connectivity index (χ1) is 25.3. The van der Waals surface area contributed by atoms with Crippen LogP contribution in [0.25, 0.3) is 0 Å². The number of hydrazine groups is 1. The molecule has 22 nitrogen and oxygen atoms in total. The number of amides is 10. The molecule has 2 rings (SSSR count). The molecule has 2 heterocycles. The summed E-state index contributed by atoms with van der Waals surface area (Å²) in [6.45, 7) is 3.79. The Balaban J connectivity index is 1.92. The van der Waals surface area contributed by atoms with Gasteiger partial charge in [-0.05, 0) is 39.5 Å². The molecule has 0 saturated carbocycles. The summed E-state index contributed by atoms with van der Waals surface area (Å²) in [5.41, 5.74) is 0. The van der Waals surface area contributed by atoms with E-state index in [1.165, 1.54) is 27.7 Å². The molecule has 22 heteroatoms. The summed E-state index contributed by atoms with van der Waals surface area (Å²) < 4.78 is 0. The van der Waals surface area contributed by atoms with Crippen LogP contribution in [0.4, 0.5) is 0 Å². The Labute approximate surface area is 307 Å². The minimum atomic E-state index is -1.34. The van der Waals surface area contributed by atoms with E-state index in [2.05, 4.69) is 21.3 Å². The molecule has 0 radical (unpaired) electrons. The summed E-state index contributed by atoms with van der Waals surface area (Å²) in [4.78, 5) is 156. The second kappa shape index (κ2) is 19.7. The summed E-state index contributed by atoms with van der Waals surface area (Å²) in [6.07, 6.45) is 8.82. The Hall–Kier alpha value is -6.84. The highest BCUT2D eigenvalue weighted by molar-refractivity contribution is 6.03. The normalized spacial score (nSPS) is 15.7. The van der Waals surface area contributed by atoms with Crippen LogP contribution in [0.1, 0.15) is 66.2 Å². The number of imide groups is 2. The van der Waals surface area contributed by atoms with Gasteiger partial charge in [0.15, 0.2) is 0 Å². The molecule has 0 spiro atoms. The van der Waals surface area contributed by atoms with E-state index in [-0.39, 0.29) is 25.7 Å². The summed E-state index contributed by atoms with van der Waals surface area (Å²) >= 11 is 0. The molecule has 2 fully saturated rings. The predicted molar refractivity (Wildman–Crippen MR) is 175 cm³/mol. The second-order valence-electron chi connectivity index (χ2n) is 11.7. The number of terminal acetylenes is 2. The molecule has 290 valence electrons. The number of rotatable bonds is 16. The van der Waals surface area contributed by atoms with Crippen molar-refractivity contribution in [2.45, 2.75) is 90.4 Å². The predicted octanol–water partition coefficient (Wildman–Crippen LogP) is -4.16. The standard InChI is InChI=1S/C32H38N8O14/c1-7-23(43)37(15-13-21(41)33-17(3)29(49)35-19(5)31(51)53-39-25(45)9-10-26(39)46)38(24(44)8-2)16-14-22(42)34-18(4)30(50)36-20(6)32(52)54-40-27(47)11-12-28(40)48/h1-2,17-20H,9-16H2,3-6H3,(H,33,41)(H,34,42)(H,35,49)(H,36,50). The molecule has 2 aliphatic rings. The lowest BCUT2D eigenvalue weighted by atomic mass is 10.2. The third-order valence-corrected chi connectivity index (χ3v) is 7.45. The zero-order chi connectivity index (χ0) is 40.9. The van der Waals surface area contributed by atoms with Gasteiger partial charge in [0.1, 0.15) is 24.2 Å². The van der Waals surface area contributed by atoms with Gasteiger partial charge in [-0.3, -0.25) is 47.9 Å². The second-order valence-corrected chi connectivity index (χ2v) is 11.7. The van der Waals surface area contributed by atoms with Gasteiger partial charge in [-0.1, -0.05) is 0 Å². The van der Waals surface area contributed by atoms with E-state index in [0.717, 1.165) is 0 Å². The largest absolute Gasteiger partial charge is 0.354 e. The Bertz CT molecular complexity index is 1540. The molecule has 4 N–H and O–H groups in total. The Morgan fingerprint density at radius 3 is 1.15 bits per heavy atom. The molecular weight excluding hydrogens is 720 g/mol. The minimum absolute atomic E-state index is 0.136. The quantitative estimate of drug-likeness (QED) is 0.0661. The number of carbonyl (C=O) groups is 12. The molecule has 10 amide bonds. The molecule has 2 saturated heterocycles. The van der Waals surface area contributed by atoms with Crippen molar-refractivity contribution in [3.8, 4) is 24.7 Å². The van der Waals surface area contributed by atoms with Gasteiger partial charge in [0.05, 0.1) is 13.1 Å². The lowest BCUT2D eigenvalue weighted by Crippen LogP contribution is -2.53. The zero-order valence-corrected chi connectivity index (χ0v) is 29.6. The lowest BCUT2D eigenvalue weighted by molar-refractivity contribution is -0.198. The van der Waals surface area contributed by atoms with Crippen molar-refractivity contribution in [3.05, 3.63) is 0 Å². The maximum atomic E-state index is 12.7. The summed E-state index contributed by atoms with van der Waals surface area (Å²) in [5, 5.41) is 11.0. The molecule has 0 bridgehead atoms. The summed E-state index contributed by atoms with van der Waals surface area (Å²) in [7, 11) is 0. The first-order valence-corrected chi connectivity index (χ1v) is 16.2. The van der Waals surface area contributed by atoms with Gasteiger partial charge in [-0.25, -0.2) is 19.6 Å². The van der Waals surface area contributed by atoms with Crippen molar-refractivity contribution in [1.82, 2.24) is 41.4 Å². The fourth-order valence-corrected chi connectivity index (χ4v) is 4.43. The third-order valence-electron chi connectivity index (χ3n) is 7.45. The smallest absolute Gasteiger partial charge is 0.345 e. The van der Waals surface area contributed by atoms with Gasteiger partial charge >= 0.3 is 23.8 Å². The van der Waals surface area contributed by atoms with E-state index >= 15 is 0 Å². The highest BCUT2D eigenvalue weighted by atomic mass is 16.7. The summed E-state index contributed by atoms with van der Waals surface area (Å²) in [6, 6.07) is -5.21. The topological polar surface area (TPSA) is 284 Å². The van der Waals surface area contributed by atoms with Crippen LogP contribution in [-0.2, 0) is 67.2 Å². The van der Waals surface area contributed by atoms with Crippen molar-refractivity contribution < 1.29 is 67.2 Å². The Kier molecular flexibility index (Phi) is 15.8. The highest BCUT2D eigenvalue weighted by Gasteiger charge is 2.36. The van der Waals surface area contributed by atoms with Crippen LogP contribution in [0.5, 0.6) is 0 Å². The Morgan fingerprint density at radius 1 is 0.574 bits per heavy atom. The lowest BCUT2D eigenvalue weighted by Gasteiger charge is -2.32. The van der Waals surface area contributed by atoms with Gasteiger partial charge in [0, 0.05) is 38.5 Å². The number of nitrogens with zero attached hydrogens (tertiary/aromatic N) is 4. The molecule has 0 aromatic rings. The molecule has 0 aromatic heterocycles. The van der Waals surface area contributed by atoms with Crippen LogP contribution >= 0.6 is 0 Å². The van der Waals surface area contributed by atoms with Crippen LogP contribution in [0.3, 0.4) is 0 Å². The average molecular weight is 759 g/mol. The van der Waals surface area contributed by atoms with Crippen LogP contribution in [0.15, 0.2) is 0 Å². The van der Waals surface area contributed by atoms with Crippen molar-refractivity contribution in [2.75, 3.05) is 13.1 Å². The summed E-state index contributed by atoms with van der Waals surface area (Å²) in [5.74, 6) is -7.28. The minimum Gasteiger partial charge on any atom is -0.345 e. The number of hydrogen-bond donors (Lipinski definition) is 4.